The van der Waals surface area contributed by atoms with E-state index in [2.05, 4.69) is 25.5 Å². The van der Waals surface area contributed by atoms with Crippen LogP contribution in [0.15, 0.2) is 66.1 Å². The van der Waals surface area contributed by atoms with E-state index >= 15 is 0 Å². The Hall–Kier alpha value is -4.98. The SMILES string of the molecule is CCOC(=O)c1cnn(-c2ncc(NC(=O)c3cnn(-c4cccc5c(=O)[nH]ccc45)c3C(F)(F)F)cc2Cl)c1. The van der Waals surface area contributed by atoms with Gasteiger partial charge in [0.1, 0.15) is 0 Å². The first-order chi connectivity index (χ1) is 19.1. The van der Waals surface area contributed by atoms with Gasteiger partial charge >= 0.3 is 12.1 Å². The molecule has 0 saturated heterocycles. The molecule has 1 aromatic carbocycles. The Bertz CT molecular complexity index is 1830. The zero-order valence-electron chi connectivity index (χ0n) is 20.4. The highest BCUT2D eigenvalue weighted by atomic mass is 35.5. The second kappa shape index (κ2) is 10.3. The quantitative estimate of drug-likeness (QED) is 0.288. The second-order valence-electron chi connectivity index (χ2n) is 8.24. The average Bonchev–Trinajstić information content (AvgIpc) is 3.57. The number of halogens is 4. The number of hydrogen-bond donors (Lipinski definition) is 2. The van der Waals surface area contributed by atoms with Gasteiger partial charge in [0.15, 0.2) is 11.5 Å². The molecule has 0 atom stereocenters. The molecule has 40 heavy (non-hydrogen) atoms. The summed E-state index contributed by atoms with van der Waals surface area (Å²) in [5.41, 5.74) is -2.47. The highest BCUT2D eigenvalue weighted by molar-refractivity contribution is 6.32. The van der Waals surface area contributed by atoms with Gasteiger partial charge in [-0.05, 0) is 31.2 Å². The van der Waals surface area contributed by atoms with Crippen LogP contribution < -0.4 is 10.9 Å². The number of carbonyl (C=O) groups is 2. The Balaban J connectivity index is 1.46. The molecule has 0 aliphatic rings. The van der Waals surface area contributed by atoms with E-state index in [1.807, 2.05) is 0 Å². The van der Waals surface area contributed by atoms with E-state index in [-0.39, 0.29) is 45.2 Å². The summed E-state index contributed by atoms with van der Waals surface area (Å²) < 4.78 is 49.4. The number of ether oxygens (including phenoxy) is 1. The number of fused-ring (bicyclic) bond motifs is 1. The Kier molecular flexibility index (Phi) is 6.85. The molecule has 4 heterocycles. The summed E-state index contributed by atoms with van der Waals surface area (Å²) >= 11 is 6.28. The van der Waals surface area contributed by atoms with Gasteiger partial charge < -0.3 is 15.0 Å². The number of aromatic amines is 1. The number of aromatic nitrogens is 6. The molecular weight excluding hydrogens is 555 g/mol. The van der Waals surface area contributed by atoms with Crippen LogP contribution in [0, 0.1) is 0 Å². The highest BCUT2D eigenvalue weighted by Gasteiger charge is 2.41. The lowest BCUT2D eigenvalue weighted by Gasteiger charge is -2.14. The Labute approximate surface area is 227 Å². The van der Waals surface area contributed by atoms with Crippen molar-refractivity contribution in [3.8, 4) is 11.5 Å². The molecule has 0 aliphatic carbocycles. The minimum absolute atomic E-state index is 0.00547. The molecule has 15 heteroatoms. The third-order valence-electron chi connectivity index (χ3n) is 5.69. The molecule has 4 aromatic heterocycles. The largest absolute Gasteiger partial charge is 0.462 e. The van der Waals surface area contributed by atoms with Crippen LogP contribution in [0.25, 0.3) is 22.3 Å². The molecule has 0 spiro atoms. The number of benzene rings is 1. The summed E-state index contributed by atoms with van der Waals surface area (Å²) in [6.45, 7) is 1.83. The van der Waals surface area contributed by atoms with Crippen LogP contribution in [-0.2, 0) is 10.9 Å². The van der Waals surface area contributed by atoms with Gasteiger partial charge in [0, 0.05) is 23.2 Å². The van der Waals surface area contributed by atoms with E-state index in [0.717, 1.165) is 6.20 Å². The molecule has 0 aliphatic heterocycles. The van der Waals surface area contributed by atoms with Crippen LogP contribution in [0.5, 0.6) is 0 Å². The van der Waals surface area contributed by atoms with Gasteiger partial charge in [-0.15, -0.1) is 0 Å². The molecular formula is C25H17ClF3N7O4. The van der Waals surface area contributed by atoms with Gasteiger partial charge in [-0.2, -0.15) is 23.4 Å². The zero-order valence-corrected chi connectivity index (χ0v) is 21.1. The molecule has 0 radical (unpaired) electrons. The Morgan fingerprint density at radius 3 is 2.65 bits per heavy atom. The van der Waals surface area contributed by atoms with Crippen LogP contribution in [-0.4, -0.2) is 48.0 Å². The van der Waals surface area contributed by atoms with Crippen molar-refractivity contribution in [3.05, 3.63) is 93.5 Å². The molecule has 11 nitrogen and oxygen atoms in total. The summed E-state index contributed by atoms with van der Waals surface area (Å²) in [5, 5.41) is 10.5. The maximum absolute atomic E-state index is 14.2. The number of alkyl halides is 3. The Morgan fingerprint density at radius 1 is 1.12 bits per heavy atom. The number of amides is 1. The molecule has 2 N–H and O–H groups in total. The maximum Gasteiger partial charge on any atom is 0.434 e. The number of pyridine rings is 2. The summed E-state index contributed by atoms with van der Waals surface area (Å²) in [7, 11) is 0. The van der Waals surface area contributed by atoms with E-state index < -0.39 is 34.9 Å². The minimum Gasteiger partial charge on any atom is -0.462 e. The third kappa shape index (κ3) is 4.91. The first-order valence-electron chi connectivity index (χ1n) is 11.5. The minimum atomic E-state index is -4.98. The summed E-state index contributed by atoms with van der Waals surface area (Å²) in [6.07, 6.45) is 0.875. The Morgan fingerprint density at radius 2 is 1.93 bits per heavy atom. The zero-order chi connectivity index (χ0) is 28.6. The van der Waals surface area contributed by atoms with Crippen molar-refractivity contribution >= 4 is 39.9 Å². The first kappa shape index (κ1) is 26.6. The number of nitrogens with zero attached hydrogens (tertiary/aromatic N) is 5. The van der Waals surface area contributed by atoms with Crippen molar-refractivity contribution < 1.29 is 27.5 Å². The number of esters is 1. The lowest BCUT2D eigenvalue weighted by Crippen LogP contribution is -2.21. The summed E-state index contributed by atoms with van der Waals surface area (Å²) in [5.74, 6) is -1.61. The normalized spacial score (nSPS) is 11.5. The van der Waals surface area contributed by atoms with Crippen LogP contribution in [0.2, 0.25) is 5.02 Å². The van der Waals surface area contributed by atoms with Crippen molar-refractivity contribution in [3.63, 3.8) is 0 Å². The fraction of sp³-hybridized carbons (Fsp3) is 0.120. The maximum atomic E-state index is 14.2. The first-order valence-corrected chi connectivity index (χ1v) is 11.9. The highest BCUT2D eigenvalue weighted by Crippen LogP contribution is 2.35. The number of H-pyrrole nitrogens is 1. The molecule has 0 saturated carbocycles. The standard InChI is InChI=1S/C25H17ClF3N7O4/c1-2-40-24(39)13-9-32-35(12-13)21-18(26)8-14(10-31-21)34-23(38)17-11-33-36(20(17)25(27,28)29)19-5-3-4-16-15(19)6-7-30-22(16)37/h3-12H,2H2,1H3,(H,30,37)(H,34,38). The van der Waals surface area contributed by atoms with Gasteiger partial charge in [0.05, 0.1) is 52.7 Å². The summed E-state index contributed by atoms with van der Waals surface area (Å²) in [6, 6.07) is 6.94. The van der Waals surface area contributed by atoms with Crippen LogP contribution in [0.1, 0.15) is 33.3 Å². The fourth-order valence-electron chi connectivity index (χ4n) is 3.98. The van der Waals surface area contributed by atoms with Gasteiger partial charge in [0.25, 0.3) is 11.5 Å². The average molecular weight is 572 g/mol. The van der Waals surface area contributed by atoms with Crippen molar-refractivity contribution in [1.29, 1.82) is 0 Å². The topological polar surface area (TPSA) is 137 Å². The van der Waals surface area contributed by atoms with Gasteiger partial charge in [-0.3, -0.25) is 9.59 Å². The lowest BCUT2D eigenvalue weighted by molar-refractivity contribution is -0.143. The predicted molar refractivity (Wildman–Crippen MR) is 137 cm³/mol. The summed E-state index contributed by atoms with van der Waals surface area (Å²) in [4.78, 5) is 43.6. The molecule has 0 unspecified atom stereocenters. The van der Waals surface area contributed by atoms with E-state index in [9.17, 15) is 27.6 Å². The number of carbonyl (C=O) groups excluding carboxylic acids is 2. The third-order valence-corrected chi connectivity index (χ3v) is 5.97. The van der Waals surface area contributed by atoms with Crippen molar-refractivity contribution in [2.45, 2.75) is 13.1 Å². The monoisotopic (exact) mass is 571 g/mol. The van der Waals surface area contributed by atoms with Gasteiger partial charge in [-0.25, -0.2) is 19.1 Å². The van der Waals surface area contributed by atoms with Gasteiger partial charge in [0.2, 0.25) is 0 Å². The number of hydrogen-bond acceptors (Lipinski definition) is 7. The lowest BCUT2D eigenvalue weighted by atomic mass is 10.1. The van der Waals surface area contributed by atoms with E-state index in [1.54, 1.807) is 6.92 Å². The fourth-order valence-corrected chi connectivity index (χ4v) is 4.24. The molecule has 1 amide bonds. The molecule has 0 fully saturated rings. The van der Waals surface area contributed by atoms with Gasteiger partial charge in [-0.1, -0.05) is 17.7 Å². The number of anilines is 1. The predicted octanol–water partition coefficient (Wildman–Crippen LogP) is 4.40. The molecule has 5 rings (SSSR count). The van der Waals surface area contributed by atoms with Crippen molar-refractivity contribution in [2.75, 3.05) is 11.9 Å². The van der Waals surface area contributed by atoms with E-state index in [1.165, 1.54) is 59.8 Å². The van der Waals surface area contributed by atoms with Crippen molar-refractivity contribution in [2.24, 2.45) is 0 Å². The van der Waals surface area contributed by atoms with Crippen LogP contribution in [0.4, 0.5) is 18.9 Å². The van der Waals surface area contributed by atoms with Crippen molar-refractivity contribution in [1.82, 2.24) is 29.5 Å². The van der Waals surface area contributed by atoms with E-state index in [4.69, 9.17) is 16.3 Å². The van der Waals surface area contributed by atoms with Crippen LogP contribution in [0.3, 0.4) is 0 Å². The molecule has 5 aromatic rings. The molecule has 204 valence electrons. The number of nitrogens with one attached hydrogen (secondary N) is 2. The van der Waals surface area contributed by atoms with Crippen LogP contribution >= 0.6 is 11.6 Å². The van der Waals surface area contributed by atoms with E-state index in [0.29, 0.717) is 4.68 Å². The second-order valence-corrected chi connectivity index (χ2v) is 8.65. The molecule has 0 bridgehead atoms. The smallest absolute Gasteiger partial charge is 0.434 e. The number of rotatable bonds is 6.